The number of nitrogens with zero attached hydrogens (tertiary/aromatic N) is 3. The van der Waals surface area contributed by atoms with Crippen LogP contribution in [0.2, 0.25) is 0 Å². The van der Waals surface area contributed by atoms with E-state index in [0.717, 1.165) is 21.8 Å². The van der Waals surface area contributed by atoms with Crippen molar-refractivity contribution in [1.29, 1.82) is 10.5 Å². The molecule has 4 aromatic rings. The molecule has 0 aliphatic heterocycles. The molecule has 0 spiro atoms. The highest BCUT2D eigenvalue weighted by molar-refractivity contribution is 6.80. The number of benzene rings is 3. The largest absolute Gasteiger partial charge is 0.550 e. The minimum absolute atomic E-state index is 0.478. The molecule has 0 amide bonds. The smallest absolute Gasteiger partial charge is 0.426 e. The number of nitriles is 2. The Bertz CT molecular complexity index is 1180. The summed E-state index contributed by atoms with van der Waals surface area (Å²) < 4.78 is 6.42. The van der Waals surface area contributed by atoms with Gasteiger partial charge in [0.15, 0.2) is 0 Å². The molecule has 130 valence electrons. The van der Waals surface area contributed by atoms with Crippen LogP contribution in [0.3, 0.4) is 0 Å². The average Bonchev–Trinajstić information content (AvgIpc) is 2.77. The minimum atomic E-state index is -0.478. The zero-order valence-electron chi connectivity index (χ0n) is 14.9. The second-order valence-electron chi connectivity index (χ2n) is 6.30. The fourth-order valence-electron chi connectivity index (χ4n) is 3.17. The summed E-state index contributed by atoms with van der Waals surface area (Å²) in [4.78, 5) is 4.46. The van der Waals surface area contributed by atoms with Gasteiger partial charge >= 0.3 is 6.92 Å². The van der Waals surface area contributed by atoms with Gasteiger partial charge in [-0.2, -0.15) is 10.5 Å². The van der Waals surface area contributed by atoms with Crippen LogP contribution in [0.15, 0.2) is 85.1 Å². The molecule has 0 bridgehead atoms. The molecule has 0 fully saturated rings. The molecule has 4 rings (SSSR count). The first-order chi connectivity index (χ1) is 13.8. The van der Waals surface area contributed by atoms with E-state index in [-0.39, 0.29) is 0 Å². The monoisotopic (exact) mass is 359 g/mol. The van der Waals surface area contributed by atoms with Gasteiger partial charge in [-0.1, -0.05) is 42.5 Å². The molecular formula is C23H14BN3O. The van der Waals surface area contributed by atoms with E-state index < -0.39 is 6.92 Å². The Balaban J connectivity index is 1.85. The summed E-state index contributed by atoms with van der Waals surface area (Å²) in [5.74, 6) is 0.646. The van der Waals surface area contributed by atoms with Gasteiger partial charge in [0.1, 0.15) is 11.3 Å². The first kappa shape index (κ1) is 17.3. The molecule has 4 nitrogen and oxygen atoms in total. The van der Waals surface area contributed by atoms with Gasteiger partial charge in [-0.15, -0.1) is 0 Å². The van der Waals surface area contributed by atoms with Gasteiger partial charge in [0.2, 0.25) is 0 Å². The molecule has 3 aromatic carbocycles. The lowest BCUT2D eigenvalue weighted by Gasteiger charge is -2.18. The van der Waals surface area contributed by atoms with E-state index in [9.17, 15) is 10.5 Å². The fraction of sp³-hybridized carbons (Fsp3) is 0. The highest BCUT2D eigenvalue weighted by atomic mass is 16.4. The summed E-state index contributed by atoms with van der Waals surface area (Å²) in [5, 5.41) is 19.5. The molecule has 0 radical (unpaired) electrons. The zero-order valence-corrected chi connectivity index (χ0v) is 14.9. The third-order valence-corrected chi connectivity index (χ3v) is 4.48. The van der Waals surface area contributed by atoms with E-state index >= 15 is 0 Å². The maximum absolute atomic E-state index is 9.28. The van der Waals surface area contributed by atoms with Crippen LogP contribution in [-0.2, 0) is 0 Å². The molecule has 0 saturated heterocycles. The lowest BCUT2D eigenvalue weighted by atomic mass is 9.55. The van der Waals surface area contributed by atoms with E-state index in [4.69, 9.17) is 4.65 Å². The van der Waals surface area contributed by atoms with Crippen molar-refractivity contribution in [2.45, 2.75) is 0 Å². The predicted octanol–water partition coefficient (Wildman–Crippen LogP) is 3.16. The molecule has 5 heteroatoms. The number of rotatable bonds is 4. The van der Waals surface area contributed by atoms with Crippen LogP contribution >= 0.6 is 0 Å². The van der Waals surface area contributed by atoms with Gasteiger partial charge in [-0.05, 0) is 47.3 Å². The number of fused-ring (bicyclic) bond motifs is 1. The van der Waals surface area contributed by atoms with Crippen LogP contribution in [0.5, 0.6) is 5.75 Å². The number of hydrogen-bond acceptors (Lipinski definition) is 4. The van der Waals surface area contributed by atoms with E-state index in [1.807, 2.05) is 66.7 Å². The standard InChI is InChI=1S/C23H14BN3O/c25-15-17-5-1-9-20(13-17)24(21-10-2-6-18(14-21)16-26)28-22-11-3-7-19-8-4-12-27-23(19)22/h1-14H. The lowest BCUT2D eigenvalue weighted by molar-refractivity contribution is 0.597. The Morgan fingerprint density at radius 1 is 0.750 bits per heavy atom. The van der Waals surface area contributed by atoms with Crippen molar-refractivity contribution in [3.05, 3.63) is 96.2 Å². The number of hydrogen-bond donors (Lipinski definition) is 0. The van der Waals surface area contributed by atoms with Crippen molar-refractivity contribution < 1.29 is 4.65 Å². The minimum Gasteiger partial charge on any atom is -0.550 e. The van der Waals surface area contributed by atoms with Crippen molar-refractivity contribution in [3.8, 4) is 17.9 Å². The van der Waals surface area contributed by atoms with Crippen LogP contribution in [0.1, 0.15) is 11.1 Å². The van der Waals surface area contributed by atoms with E-state index in [2.05, 4.69) is 17.1 Å². The number of aromatic nitrogens is 1. The molecule has 0 atom stereocenters. The molecule has 0 saturated carbocycles. The van der Waals surface area contributed by atoms with Crippen LogP contribution < -0.4 is 15.6 Å². The molecule has 0 N–H and O–H groups in total. The van der Waals surface area contributed by atoms with Crippen LogP contribution in [0.25, 0.3) is 10.9 Å². The Hall–Kier alpha value is -4.09. The van der Waals surface area contributed by atoms with Gasteiger partial charge in [0.25, 0.3) is 0 Å². The highest BCUT2D eigenvalue weighted by Crippen LogP contribution is 2.23. The van der Waals surface area contributed by atoms with Gasteiger partial charge in [-0.25, -0.2) is 0 Å². The summed E-state index contributed by atoms with van der Waals surface area (Å²) in [6.07, 6.45) is 1.73. The van der Waals surface area contributed by atoms with Gasteiger partial charge < -0.3 is 4.65 Å². The SMILES string of the molecule is N#Cc1cccc(B(Oc2cccc3cccnc23)c2cccc(C#N)c2)c1. The van der Waals surface area contributed by atoms with E-state index in [1.54, 1.807) is 18.3 Å². The molecule has 1 aromatic heterocycles. The van der Waals surface area contributed by atoms with E-state index in [0.29, 0.717) is 16.9 Å². The second kappa shape index (κ2) is 7.66. The molecule has 0 unspecified atom stereocenters. The highest BCUT2D eigenvalue weighted by Gasteiger charge is 2.25. The topological polar surface area (TPSA) is 69.7 Å². The van der Waals surface area contributed by atoms with Crippen molar-refractivity contribution in [2.24, 2.45) is 0 Å². The van der Waals surface area contributed by atoms with Gasteiger partial charge in [-0.3, -0.25) is 4.98 Å². The summed E-state index contributed by atoms with van der Waals surface area (Å²) in [6.45, 7) is -0.478. The summed E-state index contributed by atoms with van der Waals surface area (Å²) in [7, 11) is 0. The fourth-order valence-corrected chi connectivity index (χ4v) is 3.17. The van der Waals surface area contributed by atoms with Gasteiger partial charge in [0, 0.05) is 11.6 Å². The van der Waals surface area contributed by atoms with Crippen molar-refractivity contribution in [1.82, 2.24) is 4.98 Å². The molecule has 28 heavy (non-hydrogen) atoms. The summed E-state index contributed by atoms with van der Waals surface area (Å²) >= 11 is 0. The molecule has 0 aliphatic rings. The third-order valence-electron chi connectivity index (χ3n) is 4.48. The maximum Gasteiger partial charge on any atom is 0.426 e. The Labute approximate surface area is 163 Å². The Morgan fingerprint density at radius 2 is 1.36 bits per heavy atom. The molecular weight excluding hydrogens is 345 g/mol. The predicted molar refractivity (Wildman–Crippen MR) is 110 cm³/mol. The second-order valence-corrected chi connectivity index (χ2v) is 6.30. The Morgan fingerprint density at radius 3 is 2.00 bits per heavy atom. The van der Waals surface area contributed by atoms with Crippen molar-refractivity contribution >= 4 is 28.7 Å². The number of para-hydroxylation sites is 1. The average molecular weight is 359 g/mol. The Kier molecular flexibility index (Phi) is 4.74. The number of pyridine rings is 1. The summed E-state index contributed by atoms with van der Waals surface area (Å²) in [5.41, 5.74) is 3.55. The van der Waals surface area contributed by atoms with Crippen molar-refractivity contribution in [2.75, 3.05) is 0 Å². The quantitative estimate of drug-likeness (QED) is 0.525. The molecule has 1 heterocycles. The van der Waals surface area contributed by atoms with Crippen LogP contribution in [0.4, 0.5) is 0 Å². The maximum atomic E-state index is 9.28. The summed E-state index contributed by atoms with van der Waals surface area (Å²) in [6, 6.07) is 28.6. The van der Waals surface area contributed by atoms with Crippen LogP contribution in [-0.4, -0.2) is 11.9 Å². The third kappa shape index (κ3) is 3.42. The normalized spacial score (nSPS) is 10.1. The lowest BCUT2D eigenvalue weighted by Crippen LogP contribution is -2.47. The zero-order chi connectivity index (χ0) is 19.3. The van der Waals surface area contributed by atoms with Gasteiger partial charge in [0.05, 0.1) is 23.3 Å². The van der Waals surface area contributed by atoms with Crippen molar-refractivity contribution in [3.63, 3.8) is 0 Å². The van der Waals surface area contributed by atoms with E-state index in [1.165, 1.54) is 0 Å². The van der Waals surface area contributed by atoms with Crippen LogP contribution in [0, 0.1) is 22.7 Å². The first-order valence-corrected chi connectivity index (χ1v) is 8.79. The first-order valence-electron chi connectivity index (χ1n) is 8.79. The molecule has 0 aliphatic carbocycles.